The molecule has 1 unspecified atom stereocenters. The molecule has 0 saturated carbocycles. The first-order valence-electron chi connectivity index (χ1n) is 5.67. The summed E-state index contributed by atoms with van der Waals surface area (Å²) >= 11 is 0. The van der Waals surface area contributed by atoms with E-state index in [2.05, 4.69) is 0 Å². The molecule has 2 N–H and O–H groups in total. The summed E-state index contributed by atoms with van der Waals surface area (Å²) in [7, 11) is 0. The van der Waals surface area contributed by atoms with Gasteiger partial charge in [-0.3, -0.25) is 4.79 Å². The molecule has 0 aliphatic rings. The Morgan fingerprint density at radius 3 is 1.86 bits per heavy atom. The molecule has 118 valence electrons. The van der Waals surface area contributed by atoms with Crippen LogP contribution >= 0.6 is 0 Å². The molecule has 0 radical (unpaired) electrons. The normalized spacial score (nSPS) is 13.9. The van der Waals surface area contributed by atoms with E-state index in [-0.39, 0.29) is 12.6 Å². The standard InChI is InChI=1S/C12H11F6NO2/c1-6(20)5-19-10(21)7-2-8(11(13,14)15)4-9(3-7)12(16,17)18/h2-4,6,20H,5H2,1H3,(H,19,21). The number of nitrogens with one attached hydrogen (secondary N) is 1. The van der Waals surface area contributed by atoms with Gasteiger partial charge in [-0.1, -0.05) is 0 Å². The van der Waals surface area contributed by atoms with Gasteiger partial charge in [0.05, 0.1) is 17.2 Å². The molecular weight excluding hydrogens is 304 g/mol. The fourth-order valence-corrected chi connectivity index (χ4v) is 1.43. The second-order valence-corrected chi connectivity index (χ2v) is 4.35. The molecule has 0 aliphatic carbocycles. The predicted octanol–water partition coefficient (Wildman–Crippen LogP) is 2.83. The summed E-state index contributed by atoms with van der Waals surface area (Å²) < 4.78 is 75.4. The minimum absolute atomic E-state index is 0.0640. The molecule has 3 nitrogen and oxygen atoms in total. The summed E-state index contributed by atoms with van der Waals surface area (Å²) in [5.74, 6) is -1.13. The van der Waals surface area contributed by atoms with Gasteiger partial charge in [0.2, 0.25) is 0 Å². The highest BCUT2D eigenvalue weighted by molar-refractivity contribution is 5.94. The third-order valence-electron chi connectivity index (χ3n) is 2.41. The summed E-state index contributed by atoms with van der Waals surface area (Å²) in [5, 5.41) is 11.0. The first kappa shape index (κ1) is 17.3. The van der Waals surface area contributed by atoms with Gasteiger partial charge in [0.1, 0.15) is 0 Å². The van der Waals surface area contributed by atoms with E-state index in [0.29, 0.717) is 12.1 Å². The van der Waals surface area contributed by atoms with Crippen molar-refractivity contribution >= 4 is 5.91 Å². The van der Waals surface area contributed by atoms with Gasteiger partial charge in [-0.15, -0.1) is 0 Å². The molecule has 1 amide bonds. The number of hydrogen-bond donors (Lipinski definition) is 2. The van der Waals surface area contributed by atoms with Crippen molar-refractivity contribution < 1.29 is 36.2 Å². The molecule has 0 saturated heterocycles. The van der Waals surface area contributed by atoms with E-state index in [4.69, 9.17) is 5.11 Å². The van der Waals surface area contributed by atoms with Crippen molar-refractivity contribution in [3.05, 3.63) is 34.9 Å². The fourth-order valence-electron chi connectivity index (χ4n) is 1.43. The Bertz CT molecular complexity index is 489. The van der Waals surface area contributed by atoms with Gasteiger partial charge < -0.3 is 10.4 Å². The van der Waals surface area contributed by atoms with E-state index in [1.807, 2.05) is 5.32 Å². The molecule has 1 aromatic carbocycles. The molecule has 0 spiro atoms. The van der Waals surface area contributed by atoms with Crippen LogP contribution in [-0.2, 0) is 12.4 Å². The zero-order chi connectivity index (χ0) is 16.4. The monoisotopic (exact) mass is 315 g/mol. The molecule has 1 atom stereocenters. The van der Waals surface area contributed by atoms with Crippen LogP contribution in [0.25, 0.3) is 0 Å². The Labute approximate surface area is 115 Å². The largest absolute Gasteiger partial charge is 0.416 e. The number of halogens is 6. The van der Waals surface area contributed by atoms with E-state index in [1.165, 1.54) is 6.92 Å². The average molecular weight is 315 g/mol. The Hall–Kier alpha value is -1.77. The zero-order valence-corrected chi connectivity index (χ0v) is 10.6. The topological polar surface area (TPSA) is 49.3 Å². The number of alkyl halides is 6. The van der Waals surface area contributed by atoms with E-state index in [1.54, 1.807) is 0 Å². The smallest absolute Gasteiger partial charge is 0.392 e. The molecular formula is C12H11F6NO2. The number of aliphatic hydroxyl groups excluding tert-OH is 1. The Kier molecular flexibility index (Phi) is 4.87. The minimum atomic E-state index is -5.01. The van der Waals surface area contributed by atoms with Crippen LogP contribution < -0.4 is 5.32 Å². The van der Waals surface area contributed by atoms with Crippen molar-refractivity contribution in [2.75, 3.05) is 6.54 Å². The van der Waals surface area contributed by atoms with Crippen LogP contribution in [-0.4, -0.2) is 23.7 Å². The van der Waals surface area contributed by atoms with Gasteiger partial charge in [0.25, 0.3) is 5.91 Å². The quantitative estimate of drug-likeness (QED) is 0.843. The number of benzene rings is 1. The van der Waals surface area contributed by atoms with E-state index >= 15 is 0 Å². The summed E-state index contributed by atoms with van der Waals surface area (Å²) in [6, 6.07) is 0.588. The molecule has 9 heteroatoms. The van der Waals surface area contributed by atoms with Crippen LogP contribution in [0.2, 0.25) is 0 Å². The van der Waals surface area contributed by atoms with Crippen LogP contribution in [0.5, 0.6) is 0 Å². The Balaban J connectivity index is 3.23. The molecule has 1 rings (SSSR count). The highest BCUT2D eigenvalue weighted by Gasteiger charge is 2.37. The lowest BCUT2D eigenvalue weighted by Crippen LogP contribution is -2.31. The lowest BCUT2D eigenvalue weighted by atomic mass is 10.0. The third-order valence-corrected chi connectivity index (χ3v) is 2.41. The molecule has 21 heavy (non-hydrogen) atoms. The first-order valence-corrected chi connectivity index (χ1v) is 5.67. The Morgan fingerprint density at radius 1 is 1.10 bits per heavy atom. The van der Waals surface area contributed by atoms with Gasteiger partial charge >= 0.3 is 12.4 Å². The molecule has 0 aliphatic heterocycles. The highest BCUT2D eigenvalue weighted by Crippen LogP contribution is 2.36. The van der Waals surface area contributed by atoms with Crippen LogP contribution in [0.1, 0.15) is 28.4 Å². The van der Waals surface area contributed by atoms with Crippen molar-refractivity contribution in [1.82, 2.24) is 5.32 Å². The number of amides is 1. The van der Waals surface area contributed by atoms with Crippen molar-refractivity contribution in [1.29, 1.82) is 0 Å². The summed E-state index contributed by atoms with van der Waals surface area (Å²) in [5.41, 5.74) is -3.92. The molecule has 0 aromatic heterocycles. The lowest BCUT2D eigenvalue weighted by molar-refractivity contribution is -0.143. The third kappa shape index (κ3) is 4.92. The van der Waals surface area contributed by atoms with E-state index in [0.717, 1.165) is 0 Å². The summed E-state index contributed by atoms with van der Waals surface area (Å²) in [6.07, 6.45) is -11.0. The second kappa shape index (κ2) is 5.92. The molecule has 1 aromatic rings. The number of carbonyl (C=O) groups excluding carboxylic acids is 1. The van der Waals surface area contributed by atoms with Crippen molar-refractivity contribution in [2.24, 2.45) is 0 Å². The van der Waals surface area contributed by atoms with Crippen LogP contribution in [0.3, 0.4) is 0 Å². The molecule has 0 bridgehead atoms. The maximum atomic E-state index is 12.6. The number of carbonyl (C=O) groups is 1. The van der Waals surface area contributed by atoms with Gasteiger partial charge in [0, 0.05) is 12.1 Å². The van der Waals surface area contributed by atoms with Gasteiger partial charge in [-0.05, 0) is 25.1 Å². The van der Waals surface area contributed by atoms with Crippen molar-refractivity contribution in [2.45, 2.75) is 25.4 Å². The van der Waals surface area contributed by atoms with Crippen molar-refractivity contribution in [3.63, 3.8) is 0 Å². The lowest BCUT2D eigenvalue weighted by Gasteiger charge is -2.14. The number of hydrogen-bond acceptors (Lipinski definition) is 2. The Morgan fingerprint density at radius 2 is 1.52 bits per heavy atom. The number of rotatable bonds is 3. The molecule has 0 heterocycles. The van der Waals surface area contributed by atoms with Crippen molar-refractivity contribution in [3.8, 4) is 0 Å². The van der Waals surface area contributed by atoms with Crippen LogP contribution in [0.4, 0.5) is 26.3 Å². The highest BCUT2D eigenvalue weighted by atomic mass is 19.4. The summed E-state index contributed by atoms with van der Waals surface area (Å²) in [6.45, 7) is 1.00. The van der Waals surface area contributed by atoms with Gasteiger partial charge in [-0.25, -0.2) is 0 Å². The maximum Gasteiger partial charge on any atom is 0.416 e. The summed E-state index contributed by atoms with van der Waals surface area (Å²) in [4.78, 5) is 11.6. The predicted molar refractivity (Wildman–Crippen MR) is 60.5 cm³/mol. The zero-order valence-electron chi connectivity index (χ0n) is 10.6. The van der Waals surface area contributed by atoms with E-state index < -0.39 is 41.1 Å². The fraction of sp³-hybridized carbons (Fsp3) is 0.417. The average Bonchev–Trinajstić information content (AvgIpc) is 2.33. The first-order chi connectivity index (χ1) is 9.41. The maximum absolute atomic E-state index is 12.6. The number of aliphatic hydroxyl groups is 1. The molecule has 0 fully saturated rings. The van der Waals surface area contributed by atoms with Crippen LogP contribution in [0, 0.1) is 0 Å². The second-order valence-electron chi connectivity index (χ2n) is 4.35. The SMILES string of the molecule is CC(O)CNC(=O)c1cc(C(F)(F)F)cc(C(F)(F)F)c1. The minimum Gasteiger partial charge on any atom is -0.392 e. The van der Waals surface area contributed by atoms with Crippen LogP contribution in [0.15, 0.2) is 18.2 Å². The van der Waals surface area contributed by atoms with E-state index in [9.17, 15) is 31.1 Å². The van der Waals surface area contributed by atoms with Gasteiger partial charge in [0.15, 0.2) is 0 Å². The van der Waals surface area contributed by atoms with Gasteiger partial charge in [-0.2, -0.15) is 26.3 Å².